The van der Waals surface area contributed by atoms with E-state index in [1.807, 2.05) is 0 Å². The minimum atomic E-state index is -4.53. The van der Waals surface area contributed by atoms with Crippen molar-refractivity contribution in [1.29, 1.82) is 0 Å². The highest BCUT2D eigenvalue weighted by atomic mass is 32.2. The van der Waals surface area contributed by atoms with Gasteiger partial charge in [0.05, 0.1) is 11.5 Å². The zero-order valence-corrected chi connectivity index (χ0v) is 9.81. The van der Waals surface area contributed by atoms with Crippen molar-refractivity contribution in [3.63, 3.8) is 0 Å². The minimum absolute atomic E-state index is 0.114. The van der Waals surface area contributed by atoms with Gasteiger partial charge in [-0.1, -0.05) is 18.2 Å². The van der Waals surface area contributed by atoms with Gasteiger partial charge in [-0.05, 0) is 17.9 Å². The van der Waals surface area contributed by atoms with Crippen LogP contribution in [0.2, 0.25) is 0 Å². The first-order chi connectivity index (χ1) is 7.88. The van der Waals surface area contributed by atoms with Crippen LogP contribution in [0.3, 0.4) is 0 Å². The molecular formula is C11H11F3O2S. The van der Waals surface area contributed by atoms with Gasteiger partial charge in [-0.15, -0.1) is 0 Å². The van der Waals surface area contributed by atoms with E-state index in [1.165, 1.54) is 30.0 Å². The fourth-order valence-corrected chi connectivity index (χ4v) is 2.18. The number of halogens is 3. The van der Waals surface area contributed by atoms with Crippen LogP contribution in [0.5, 0.6) is 0 Å². The third kappa shape index (κ3) is 3.39. The van der Waals surface area contributed by atoms with E-state index in [1.54, 1.807) is 6.26 Å². The zero-order valence-electron chi connectivity index (χ0n) is 8.99. The van der Waals surface area contributed by atoms with Crippen LogP contribution in [0.1, 0.15) is 17.0 Å². The van der Waals surface area contributed by atoms with Crippen molar-refractivity contribution in [3.8, 4) is 0 Å². The fraction of sp³-hybridized carbons (Fsp3) is 0.364. The van der Waals surface area contributed by atoms with Gasteiger partial charge >= 0.3 is 12.1 Å². The van der Waals surface area contributed by atoms with Crippen LogP contribution in [-0.4, -0.2) is 23.1 Å². The third-order valence-electron chi connectivity index (χ3n) is 2.27. The van der Waals surface area contributed by atoms with Gasteiger partial charge in [-0.2, -0.15) is 24.9 Å². The summed E-state index contributed by atoms with van der Waals surface area (Å²) in [6.07, 6.45) is -2.87. The highest BCUT2D eigenvalue weighted by molar-refractivity contribution is 7.98. The summed E-state index contributed by atoms with van der Waals surface area (Å²) in [4.78, 5) is 11.0. The molecule has 1 atom stereocenters. The molecule has 94 valence electrons. The second kappa shape index (κ2) is 5.44. The van der Waals surface area contributed by atoms with Crippen LogP contribution >= 0.6 is 11.8 Å². The number of rotatable bonds is 4. The lowest BCUT2D eigenvalue weighted by atomic mass is 9.95. The maximum atomic E-state index is 12.7. The lowest BCUT2D eigenvalue weighted by Gasteiger charge is -2.17. The number of alkyl halides is 3. The molecule has 1 N–H and O–H groups in total. The normalized spacial score (nSPS) is 13.4. The summed E-state index contributed by atoms with van der Waals surface area (Å²) >= 11 is 1.20. The maximum Gasteiger partial charge on any atom is 0.416 e. The second-order valence-electron chi connectivity index (χ2n) is 3.43. The molecule has 0 amide bonds. The summed E-state index contributed by atoms with van der Waals surface area (Å²) in [7, 11) is 0. The van der Waals surface area contributed by atoms with E-state index in [9.17, 15) is 18.0 Å². The Morgan fingerprint density at radius 1 is 1.41 bits per heavy atom. The molecule has 0 aliphatic heterocycles. The summed E-state index contributed by atoms with van der Waals surface area (Å²) in [6, 6.07) is 4.80. The number of hydrogen-bond acceptors (Lipinski definition) is 2. The highest BCUT2D eigenvalue weighted by Gasteiger charge is 2.36. The Hall–Kier alpha value is -1.17. The van der Waals surface area contributed by atoms with Crippen LogP contribution in [0.15, 0.2) is 24.3 Å². The molecule has 0 bridgehead atoms. The zero-order chi connectivity index (χ0) is 13.1. The van der Waals surface area contributed by atoms with Gasteiger partial charge < -0.3 is 5.11 Å². The lowest BCUT2D eigenvalue weighted by Crippen LogP contribution is -2.19. The van der Waals surface area contributed by atoms with E-state index in [4.69, 9.17) is 5.11 Å². The van der Waals surface area contributed by atoms with Gasteiger partial charge in [0, 0.05) is 5.75 Å². The quantitative estimate of drug-likeness (QED) is 0.907. The molecular weight excluding hydrogens is 253 g/mol. The van der Waals surface area contributed by atoms with Crippen LogP contribution in [0.4, 0.5) is 13.2 Å². The minimum Gasteiger partial charge on any atom is -0.481 e. The van der Waals surface area contributed by atoms with Crippen molar-refractivity contribution in [2.45, 2.75) is 12.1 Å². The highest BCUT2D eigenvalue weighted by Crippen LogP contribution is 2.36. The van der Waals surface area contributed by atoms with Crippen molar-refractivity contribution in [2.24, 2.45) is 0 Å². The Morgan fingerprint density at radius 3 is 2.47 bits per heavy atom. The maximum absolute atomic E-state index is 12.7. The SMILES string of the molecule is CSCC(C(=O)O)c1ccccc1C(F)(F)F. The number of hydrogen-bond donors (Lipinski definition) is 1. The van der Waals surface area contributed by atoms with Gasteiger partial charge in [0.25, 0.3) is 0 Å². The third-order valence-corrected chi connectivity index (χ3v) is 2.94. The molecule has 1 aromatic carbocycles. The van der Waals surface area contributed by atoms with Gasteiger partial charge in [-0.3, -0.25) is 4.79 Å². The van der Waals surface area contributed by atoms with E-state index in [0.717, 1.165) is 6.07 Å². The molecule has 0 saturated carbocycles. The lowest BCUT2D eigenvalue weighted by molar-refractivity contribution is -0.141. The Bertz CT molecular complexity index is 404. The smallest absolute Gasteiger partial charge is 0.416 e. The first-order valence-electron chi connectivity index (χ1n) is 4.75. The van der Waals surface area contributed by atoms with E-state index in [-0.39, 0.29) is 11.3 Å². The van der Waals surface area contributed by atoms with E-state index < -0.39 is 23.6 Å². The van der Waals surface area contributed by atoms with Crippen LogP contribution in [-0.2, 0) is 11.0 Å². The number of carboxylic acid groups (broad SMARTS) is 1. The number of aliphatic carboxylic acids is 1. The molecule has 0 heterocycles. The van der Waals surface area contributed by atoms with Gasteiger partial charge in [0.15, 0.2) is 0 Å². The van der Waals surface area contributed by atoms with Crippen molar-refractivity contribution < 1.29 is 23.1 Å². The van der Waals surface area contributed by atoms with Crippen molar-refractivity contribution in [1.82, 2.24) is 0 Å². The summed E-state index contributed by atoms with van der Waals surface area (Å²) in [5.41, 5.74) is -1.05. The molecule has 6 heteroatoms. The molecule has 2 nitrogen and oxygen atoms in total. The summed E-state index contributed by atoms with van der Waals surface area (Å²) in [5, 5.41) is 8.97. The average Bonchev–Trinajstić information content (AvgIpc) is 2.24. The van der Waals surface area contributed by atoms with Crippen LogP contribution in [0.25, 0.3) is 0 Å². The number of carbonyl (C=O) groups is 1. The van der Waals surface area contributed by atoms with Crippen LogP contribution in [0, 0.1) is 0 Å². The Balaban J connectivity index is 3.23. The first kappa shape index (κ1) is 13.9. The predicted molar refractivity (Wildman–Crippen MR) is 60.2 cm³/mol. The monoisotopic (exact) mass is 264 g/mol. The molecule has 0 radical (unpaired) electrons. The van der Waals surface area contributed by atoms with E-state index in [2.05, 4.69) is 0 Å². The topological polar surface area (TPSA) is 37.3 Å². The summed E-state index contributed by atoms with van der Waals surface area (Å²) in [5.74, 6) is -2.26. The Labute approximate surface area is 101 Å². The molecule has 1 aromatic rings. The largest absolute Gasteiger partial charge is 0.481 e. The molecule has 17 heavy (non-hydrogen) atoms. The molecule has 0 aromatic heterocycles. The molecule has 1 unspecified atom stereocenters. The number of benzene rings is 1. The van der Waals surface area contributed by atoms with Crippen molar-refractivity contribution >= 4 is 17.7 Å². The fourth-order valence-electron chi connectivity index (χ4n) is 1.52. The summed E-state index contributed by atoms with van der Waals surface area (Å²) < 4.78 is 38.1. The van der Waals surface area contributed by atoms with E-state index >= 15 is 0 Å². The Morgan fingerprint density at radius 2 is 2.00 bits per heavy atom. The molecule has 0 spiro atoms. The standard InChI is InChI=1S/C11H11F3O2S/c1-17-6-8(10(15)16)7-4-2-3-5-9(7)11(12,13)14/h2-5,8H,6H2,1H3,(H,15,16). The molecule has 0 aliphatic carbocycles. The molecule has 0 aliphatic rings. The van der Waals surface area contributed by atoms with Crippen molar-refractivity contribution in [2.75, 3.05) is 12.0 Å². The Kier molecular flexibility index (Phi) is 4.45. The summed E-state index contributed by atoms with van der Waals surface area (Å²) in [6.45, 7) is 0. The predicted octanol–water partition coefficient (Wildman–Crippen LogP) is 3.24. The number of thioether (sulfide) groups is 1. The molecule has 0 saturated heterocycles. The van der Waals surface area contributed by atoms with Gasteiger partial charge in [0.2, 0.25) is 0 Å². The van der Waals surface area contributed by atoms with Crippen molar-refractivity contribution in [3.05, 3.63) is 35.4 Å². The number of carboxylic acids is 1. The van der Waals surface area contributed by atoms with Crippen LogP contribution < -0.4 is 0 Å². The van der Waals surface area contributed by atoms with Gasteiger partial charge in [0.1, 0.15) is 0 Å². The van der Waals surface area contributed by atoms with Gasteiger partial charge in [-0.25, -0.2) is 0 Å². The first-order valence-corrected chi connectivity index (χ1v) is 6.15. The molecule has 0 fully saturated rings. The molecule has 1 rings (SSSR count). The second-order valence-corrected chi connectivity index (χ2v) is 4.34. The average molecular weight is 264 g/mol. The van der Waals surface area contributed by atoms with E-state index in [0.29, 0.717) is 0 Å².